The monoisotopic (exact) mass is 664 g/mol. The van der Waals surface area contributed by atoms with Gasteiger partial charge in [0.25, 0.3) is 0 Å². The molecule has 0 saturated carbocycles. The van der Waals surface area contributed by atoms with Crippen LogP contribution < -0.4 is 4.90 Å². The molecule has 7 aromatic rings. The zero-order valence-electron chi connectivity index (χ0n) is 23.8. The summed E-state index contributed by atoms with van der Waals surface area (Å²) < 4.78 is 149. The van der Waals surface area contributed by atoms with Gasteiger partial charge in [-0.05, 0) is 53.6 Å². The summed E-state index contributed by atoms with van der Waals surface area (Å²) in [5.74, 6) is -23.2. The first-order valence-electron chi connectivity index (χ1n) is 14.1. The van der Waals surface area contributed by atoms with Crippen molar-refractivity contribution in [2.75, 3.05) is 4.90 Å². The van der Waals surface area contributed by atoms with Crippen LogP contribution in [-0.4, -0.2) is 4.57 Å². The summed E-state index contributed by atoms with van der Waals surface area (Å²) in [5.41, 5.74) is -1.89. The van der Waals surface area contributed by atoms with Crippen molar-refractivity contribution in [3.63, 3.8) is 0 Å². The van der Waals surface area contributed by atoms with E-state index in [1.807, 2.05) is 34.9 Å². The van der Waals surface area contributed by atoms with Crippen LogP contribution >= 0.6 is 0 Å². The molecular weight excluding hydrogens is 650 g/mol. The van der Waals surface area contributed by atoms with Gasteiger partial charge >= 0.3 is 0 Å². The Labute approximate surface area is 263 Å². The molecule has 0 aliphatic carbocycles. The topological polar surface area (TPSA) is 8.17 Å². The quantitative estimate of drug-likeness (QED) is 0.104. The van der Waals surface area contributed by atoms with Crippen LogP contribution in [-0.2, 0) is 0 Å². The van der Waals surface area contributed by atoms with Crippen molar-refractivity contribution in [3.8, 4) is 27.9 Å². The largest absolute Gasteiger partial charge is 0.306 e. The number of hydrogen-bond donors (Lipinski definition) is 0. The lowest BCUT2D eigenvalue weighted by atomic mass is 9.95. The third-order valence-electron chi connectivity index (χ3n) is 8.45. The fourth-order valence-electron chi connectivity index (χ4n) is 6.43. The zero-order valence-corrected chi connectivity index (χ0v) is 23.8. The molecule has 0 unspecified atom stereocenters. The molecule has 0 radical (unpaired) electrons. The summed E-state index contributed by atoms with van der Waals surface area (Å²) in [5, 5.41) is 1.61. The van der Waals surface area contributed by atoms with Gasteiger partial charge in [-0.2, -0.15) is 0 Å². The Bertz CT molecular complexity index is 2390. The molecule has 0 fully saturated rings. The van der Waals surface area contributed by atoms with E-state index in [0.29, 0.717) is 28.6 Å². The van der Waals surface area contributed by atoms with Crippen molar-refractivity contribution in [2.45, 2.75) is 0 Å². The molecule has 6 aromatic carbocycles. The smallest absolute Gasteiger partial charge is 0.200 e. The van der Waals surface area contributed by atoms with Crippen molar-refractivity contribution in [3.05, 3.63) is 143 Å². The molecule has 1 aliphatic heterocycles. The molecule has 0 saturated heterocycles. The van der Waals surface area contributed by atoms with Crippen LogP contribution in [0.2, 0.25) is 0 Å². The van der Waals surface area contributed by atoms with Gasteiger partial charge < -0.3 is 9.47 Å². The lowest BCUT2D eigenvalue weighted by molar-refractivity contribution is 0.381. The maximum atomic E-state index is 15.2. The molecule has 1 aliphatic rings. The Kier molecular flexibility index (Phi) is 6.39. The second-order valence-corrected chi connectivity index (χ2v) is 11.0. The lowest BCUT2D eigenvalue weighted by Crippen LogP contribution is -2.18. The van der Waals surface area contributed by atoms with E-state index in [2.05, 4.69) is 0 Å². The van der Waals surface area contributed by atoms with Crippen molar-refractivity contribution in [1.82, 2.24) is 4.57 Å². The molecule has 0 bridgehead atoms. The molecular formula is C36H14F10N2. The predicted molar refractivity (Wildman–Crippen MR) is 159 cm³/mol. The standard InChI is InChI=1S/C36H14F10N2/c37-26-24(27(38)31(42)34(45)30(26)41)15-12-16(25-28(39)32(43)35(46)33(44)29(25)40)14-17(13-15)47-21-9-3-4-10-22(21)48-20-8-2-1-6-18(20)19-7-5-11-23(47)36(19)48/h1-14H. The number of rotatable bonds is 3. The van der Waals surface area contributed by atoms with Crippen LogP contribution in [0.15, 0.2) is 84.9 Å². The second kappa shape index (κ2) is 10.4. The molecule has 0 spiro atoms. The van der Waals surface area contributed by atoms with Gasteiger partial charge in [-0.25, -0.2) is 43.9 Å². The number of halogens is 10. The molecule has 0 N–H and O–H groups in total. The van der Waals surface area contributed by atoms with Gasteiger partial charge in [0.15, 0.2) is 46.5 Å². The average molecular weight is 665 g/mol. The fourth-order valence-corrected chi connectivity index (χ4v) is 6.43. The van der Waals surface area contributed by atoms with Gasteiger partial charge in [0, 0.05) is 16.5 Å². The SMILES string of the molecule is Fc1c(F)c(F)c(-c2cc(-c3c(F)c(F)c(F)c(F)c3F)cc(N3c4ccccc4-n4c5ccccc5c5cccc3c54)c2)c(F)c1F. The Hall–Kier alpha value is -5.78. The number of fused-ring (bicyclic) bond motifs is 5. The Morgan fingerprint density at radius 2 is 0.812 bits per heavy atom. The minimum atomic E-state index is -2.45. The highest BCUT2D eigenvalue weighted by Gasteiger charge is 2.33. The van der Waals surface area contributed by atoms with Crippen molar-refractivity contribution >= 4 is 38.9 Å². The van der Waals surface area contributed by atoms with Crippen LogP contribution in [0.4, 0.5) is 61.0 Å². The summed E-state index contributed by atoms with van der Waals surface area (Å²) in [7, 11) is 0. The van der Waals surface area contributed by atoms with Gasteiger partial charge in [-0.15, -0.1) is 0 Å². The van der Waals surface area contributed by atoms with E-state index in [-0.39, 0.29) is 5.69 Å². The summed E-state index contributed by atoms with van der Waals surface area (Å²) in [4.78, 5) is 1.50. The van der Waals surface area contributed by atoms with E-state index < -0.39 is 80.4 Å². The molecule has 12 heteroatoms. The zero-order chi connectivity index (χ0) is 33.8. The first-order chi connectivity index (χ1) is 23.0. The molecule has 48 heavy (non-hydrogen) atoms. The van der Waals surface area contributed by atoms with Crippen LogP contribution in [0.25, 0.3) is 49.7 Å². The van der Waals surface area contributed by atoms with Crippen LogP contribution in [0.5, 0.6) is 0 Å². The van der Waals surface area contributed by atoms with Crippen LogP contribution in [0.1, 0.15) is 0 Å². The van der Waals surface area contributed by atoms with Crippen molar-refractivity contribution in [1.29, 1.82) is 0 Å². The van der Waals surface area contributed by atoms with E-state index in [4.69, 9.17) is 0 Å². The summed E-state index contributed by atoms with van der Waals surface area (Å²) >= 11 is 0. The Balaban J connectivity index is 1.51. The van der Waals surface area contributed by atoms with E-state index in [1.54, 1.807) is 36.4 Å². The normalized spacial score (nSPS) is 12.3. The third kappa shape index (κ3) is 3.88. The molecule has 8 rings (SSSR count). The number of hydrogen-bond acceptors (Lipinski definition) is 1. The molecule has 238 valence electrons. The molecule has 1 aromatic heterocycles. The number of benzene rings is 6. The summed E-state index contributed by atoms with van der Waals surface area (Å²) in [6.45, 7) is 0. The van der Waals surface area contributed by atoms with Gasteiger partial charge in [0.05, 0.1) is 39.2 Å². The van der Waals surface area contributed by atoms with E-state index in [1.165, 1.54) is 4.90 Å². The van der Waals surface area contributed by atoms with Crippen molar-refractivity contribution < 1.29 is 43.9 Å². The first-order valence-corrected chi connectivity index (χ1v) is 14.1. The predicted octanol–water partition coefficient (Wildman–Crippen LogP) is 11.3. The molecule has 2 heterocycles. The van der Waals surface area contributed by atoms with Crippen molar-refractivity contribution in [2.24, 2.45) is 0 Å². The minimum Gasteiger partial charge on any atom is -0.306 e. The second-order valence-electron chi connectivity index (χ2n) is 11.0. The van der Waals surface area contributed by atoms with Crippen LogP contribution in [0.3, 0.4) is 0 Å². The lowest BCUT2D eigenvalue weighted by Gasteiger charge is -2.33. The van der Waals surface area contributed by atoms with E-state index >= 15 is 17.6 Å². The number of aromatic nitrogens is 1. The molecule has 2 nitrogen and oxygen atoms in total. The first kappa shape index (κ1) is 29.6. The maximum Gasteiger partial charge on any atom is 0.200 e. The average Bonchev–Trinajstić information content (AvgIpc) is 3.44. The number of para-hydroxylation sites is 4. The van der Waals surface area contributed by atoms with E-state index in [9.17, 15) is 26.3 Å². The molecule has 0 atom stereocenters. The fraction of sp³-hybridized carbons (Fsp3) is 0. The highest BCUT2D eigenvalue weighted by molar-refractivity contribution is 6.16. The van der Waals surface area contributed by atoms with Gasteiger partial charge in [-0.1, -0.05) is 42.5 Å². The van der Waals surface area contributed by atoms with E-state index in [0.717, 1.165) is 28.4 Å². The molecule has 0 amide bonds. The van der Waals surface area contributed by atoms with Crippen LogP contribution in [0, 0.1) is 58.2 Å². The Morgan fingerprint density at radius 3 is 1.38 bits per heavy atom. The maximum absolute atomic E-state index is 15.2. The Morgan fingerprint density at radius 1 is 0.375 bits per heavy atom. The summed E-state index contributed by atoms with van der Waals surface area (Å²) in [6, 6.07) is 22.0. The number of anilines is 3. The third-order valence-corrected chi connectivity index (χ3v) is 8.45. The van der Waals surface area contributed by atoms with Gasteiger partial charge in [-0.3, -0.25) is 0 Å². The minimum absolute atomic E-state index is 0.160. The highest BCUT2D eigenvalue weighted by atomic mass is 19.2. The number of nitrogens with zero attached hydrogens (tertiary/aromatic N) is 2. The van der Waals surface area contributed by atoms with Gasteiger partial charge in [0.1, 0.15) is 0 Å². The summed E-state index contributed by atoms with van der Waals surface area (Å²) in [6.07, 6.45) is 0. The van der Waals surface area contributed by atoms with Gasteiger partial charge in [0.2, 0.25) is 11.6 Å². The highest BCUT2D eigenvalue weighted by Crippen LogP contribution is 2.51.